The van der Waals surface area contributed by atoms with Crippen LogP contribution in [0.25, 0.3) is 0 Å². The molecule has 1 aromatic carbocycles. The summed E-state index contributed by atoms with van der Waals surface area (Å²) in [5, 5.41) is 3.69. The van der Waals surface area contributed by atoms with E-state index in [0.29, 0.717) is 11.4 Å². The first-order valence-corrected chi connectivity index (χ1v) is 10.3. The SMILES string of the molecule is CSc1ccc(CN(C)C(=O)c2sc(NC(=O)C3CC3)cc2C)cc1. The minimum Gasteiger partial charge on any atom is -0.337 e. The third kappa shape index (κ3) is 4.44. The number of hydrogen-bond acceptors (Lipinski definition) is 4. The molecule has 1 aliphatic rings. The van der Waals surface area contributed by atoms with Crippen LogP contribution < -0.4 is 5.32 Å². The predicted molar refractivity (Wildman–Crippen MR) is 104 cm³/mol. The molecule has 4 nitrogen and oxygen atoms in total. The second kappa shape index (κ2) is 7.62. The molecule has 2 amide bonds. The van der Waals surface area contributed by atoms with Crippen LogP contribution in [0.2, 0.25) is 0 Å². The number of nitrogens with one attached hydrogen (secondary N) is 1. The summed E-state index contributed by atoms with van der Waals surface area (Å²) in [5.74, 6) is 0.222. The molecule has 1 N–H and O–H groups in total. The summed E-state index contributed by atoms with van der Waals surface area (Å²) in [6.45, 7) is 2.48. The van der Waals surface area contributed by atoms with E-state index in [9.17, 15) is 9.59 Å². The number of carbonyl (C=O) groups is 2. The summed E-state index contributed by atoms with van der Waals surface area (Å²) < 4.78 is 0. The van der Waals surface area contributed by atoms with Crippen LogP contribution >= 0.6 is 23.1 Å². The number of amides is 2. The first kappa shape index (κ1) is 18.0. The smallest absolute Gasteiger partial charge is 0.264 e. The van der Waals surface area contributed by atoms with Crippen molar-refractivity contribution in [3.05, 3.63) is 46.3 Å². The van der Waals surface area contributed by atoms with Crippen molar-refractivity contribution in [2.75, 3.05) is 18.6 Å². The average molecular weight is 375 g/mol. The molecule has 0 spiro atoms. The lowest BCUT2D eigenvalue weighted by Gasteiger charge is -2.17. The molecule has 0 radical (unpaired) electrons. The Labute approximate surface area is 156 Å². The van der Waals surface area contributed by atoms with Gasteiger partial charge in [0.25, 0.3) is 5.91 Å². The number of carbonyl (C=O) groups excluding carboxylic acids is 2. The highest BCUT2D eigenvalue weighted by Gasteiger charge is 2.30. The number of hydrogen-bond donors (Lipinski definition) is 1. The number of rotatable bonds is 6. The molecule has 0 bridgehead atoms. The molecule has 0 saturated heterocycles. The highest BCUT2D eigenvalue weighted by atomic mass is 32.2. The molecule has 132 valence electrons. The fourth-order valence-corrected chi connectivity index (χ4v) is 4.05. The molecule has 1 aliphatic carbocycles. The molecule has 6 heteroatoms. The van der Waals surface area contributed by atoms with Crippen molar-refractivity contribution in [1.29, 1.82) is 0 Å². The number of thiophene rings is 1. The van der Waals surface area contributed by atoms with Crippen LogP contribution in [0, 0.1) is 12.8 Å². The summed E-state index contributed by atoms with van der Waals surface area (Å²) >= 11 is 3.06. The molecule has 2 aromatic rings. The van der Waals surface area contributed by atoms with Crippen LogP contribution in [-0.4, -0.2) is 30.0 Å². The summed E-state index contributed by atoms with van der Waals surface area (Å²) in [4.78, 5) is 28.3. The van der Waals surface area contributed by atoms with Gasteiger partial charge in [0.1, 0.15) is 0 Å². The maximum Gasteiger partial charge on any atom is 0.264 e. The zero-order valence-electron chi connectivity index (χ0n) is 14.7. The average Bonchev–Trinajstić information content (AvgIpc) is 3.39. The molecule has 3 rings (SSSR count). The van der Waals surface area contributed by atoms with E-state index in [2.05, 4.69) is 29.6 Å². The lowest BCUT2D eigenvalue weighted by Crippen LogP contribution is -2.25. The highest BCUT2D eigenvalue weighted by Crippen LogP contribution is 2.33. The first-order valence-electron chi connectivity index (χ1n) is 8.27. The molecule has 1 saturated carbocycles. The van der Waals surface area contributed by atoms with Gasteiger partial charge >= 0.3 is 0 Å². The van der Waals surface area contributed by atoms with Gasteiger partial charge < -0.3 is 10.2 Å². The number of anilines is 1. The number of thioether (sulfide) groups is 1. The number of benzene rings is 1. The lowest BCUT2D eigenvalue weighted by atomic mass is 10.2. The van der Waals surface area contributed by atoms with Gasteiger partial charge in [0.05, 0.1) is 9.88 Å². The Balaban J connectivity index is 1.66. The zero-order valence-corrected chi connectivity index (χ0v) is 16.3. The molecule has 25 heavy (non-hydrogen) atoms. The molecule has 0 unspecified atom stereocenters. The fourth-order valence-electron chi connectivity index (χ4n) is 2.57. The van der Waals surface area contributed by atoms with E-state index in [-0.39, 0.29) is 17.7 Å². The van der Waals surface area contributed by atoms with Crippen molar-refractivity contribution in [2.24, 2.45) is 5.92 Å². The quantitative estimate of drug-likeness (QED) is 0.763. The van der Waals surface area contributed by atoms with Crippen molar-refractivity contribution in [2.45, 2.75) is 31.2 Å². The Hall–Kier alpha value is -1.79. The first-order chi connectivity index (χ1) is 12.0. The van der Waals surface area contributed by atoms with Crippen LogP contribution in [0.5, 0.6) is 0 Å². The number of nitrogens with zero attached hydrogens (tertiary/aromatic N) is 1. The Kier molecular flexibility index (Phi) is 5.49. The van der Waals surface area contributed by atoms with E-state index in [1.165, 1.54) is 16.2 Å². The van der Waals surface area contributed by atoms with E-state index in [0.717, 1.165) is 29.0 Å². The maximum absolute atomic E-state index is 12.8. The molecule has 1 fully saturated rings. The monoisotopic (exact) mass is 374 g/mol. The summed E-state index contributed by atoms with van der Waals surface area (Å²) in [5.41, 5.74) is 2.01. The van der Waals surface area contributed by atoms with Crippen LogP contribution in [0.3, 0.4) is 0 Å². The van der Waals surface area contributed by atoms with Crippen LogP contribution in [-0.2, 0) is 11.3 Å². The highest BCUT2D eigenvalue weighted by molar-refractivity contribution is 7.98. The van der Waals surface area contributed by atoms with Gasteiger partial charge in [-0.05, 0) is 55.3 Å². The normalized spacial score (nSPS) is 13.6. The van der Waals surface area contributed by atoms with Crippen molar-refractivity contribution in [3.63, 3.8) is 0 Å². The maximum atomic E-state index is 12.8. The van der Waals surface area contributed by atoms with Gasteiger partial charge in [-0.1, -0.05) is 12.1 Å². The zero-order chi connectivity index (χ0) is 18.0. The molecular formula is C19H22N2O2S2. The third-order valence-electron chi connectivity index (χ3n) is 4.23. The van der Waals surface area contributed by atoms with Crippen LogP contribution in [0.4, 0.5) is 5.00 Å². The Morgan fingerprint density at radius 3 is 2.56 bits per heavy atom. The van der Waals surface area contributed by atoms with E-state index in [1.54, 1.807) is 16.7 Å². The van der Waals surface area contributed by atoms with Crippen molar-refractivity contribution < 1.29 is 9.59 Å². The van der Waals surface area contributed by atoms with E-state index < -0.39 is 0 Å². The van der Waals surface area contributed by atoms with Gasteiger partial charge in [-0.3, -0.25) is 9.59 Å². The van der Waals surface area contributed by atoms with Gasteiger partial charge in [-0.25, -0.2) is 0 Å². The topological polar surface area (TPSA) is 49.4 Å². The minimum absolute atomic E-state index is 0.0108. The third-order valence-corrected chi connectivity index (χ3v) is 6.12. The molecule has 0 atom stereocenters. The molecular weight excluding hydrogens is 352 g/mol. The molecule has 1 aromatic heterocycles. The van der Waals surface area contributed by atoms with Crippen molar-refractivity contribution in [3.8, 4) is 0 Å². The van der Waals surface area contributed by atoms with Gasteiger partial charge in [0, 0.05) is 24.4 Å². The lowest BCUT2D eigenvalue weighted by molar-refractivity contribution is -0.117. The molecule has 1 heterocycles. The van der Waals surface area contributed by atoms with E-state index in [4.69, 9.17) is 0 Å². The van der Waals surface area contributed by atoms with Gasteiger partial charge in [-0.2, -0.15) is 0 Å². The Morgan fingerprint density at radius 2 is 1.96 bits per heavy atom. The molecule has 0 aliphatic heterocycles. The van der Waals surface area contributed by atoms with Gasteiger partial charge in [0.15, 0.2) is 0 Å². The minimum atomic E-state index is -0.0108. The summed E-state index contributed by atoms with van der Waals surface area (Å²) in [6, 6.07) is 10.1. The number of aryl methyl sites for hydroxylation is 1. The second-order valence-electron chi connectivity index (χ2n) is 6.40. The fraction of sp³-hybridized carbons (Fsp3) is 0.368. The van der Waals surface area contributed by atoms with Crippen LogP contribution in [0.1, 0.15) is 33.6 Å². The van der Waals surface area contributed by atoms with Crippen molar-refractivity contribution >= 4 is 39.9 Å². The van der Waals surface area contributed by atoms with E-state index >= 15 is 0 Å². The second-order valence-corrected chi connectivity index (χ2v) is 8.33. The van der Waals surface area contributed by atoms with E-state index in [1.807, 2.05) is 26.3 Å². The van der Waals surface area contributed by atoms with Gasteiger partial charge in [-0.15, -0.1) is 23.1 Å². The van der Waals surface area contributed by atoms with Crippen molar-refractivity contribution in [1.82, 2.24) is 4.90 Å². The van der Waals surface area contributed by atoms with Gasteiger partial charge in [0.2, 0.25) is 5.91 Å². The largest absolute Gasteiger partial charge is 0.337 e. The Morgan fingerprint density at radius 1 is 1.28 bits per heavy atom. The van der Waals surface area contributed by atoms with Crippen LogP contribution in [0.15, 0.2) is 35.2 Å². The Bertz CT molecular complexity index is 779. The predicted octanol–water partition coefficient (Wildman–Crippen LogP) is 4.40. The summed E-state index contributed by atoms with van der Waals surface area (Å²) in [6.07, 6.45) is 3.99. The standard InChI is InChI=1S/C19H22N2O2S2/c1-12-10-16(20-18(22)14-6-7-14)25-17(12)19(23)21(2)11-13-4-8-15(24-3)9-5-13/h4-5,8-10,14H,6-7,11H2,1-3H3,(H,20,22). The summed E-state index contributed by atoms with van der Waals surface area (Å²) in [7, 11) is 1.81.